The topological polar surface area (TPSA) is 17.1 Å². The Labute approximate surface area is 83.7 Å². The number of hydrogen-bond acceptors (Lipinski definition) is 1. The minimum Gasteiger partial charge on any atom is -0.294 e. The van der Waals surface area contributed by atoms with Crippen molar-refractivity contribution in [2.45, 2.75) is 20.8 Å². The Balaban J connectivity index is 3.09. The van der Waals surface area contributed by atoms with E-state index in [1.807, 2.05) is 26.8 Å². The van der Waals surface area contributed by atoms with Crippen molar-refractivity contribution in [1.29, 1.82) is 0 Å². The maximum Gasteiger partial charge on any atom is 0.165 e. The zero-order chi connectivity index (χ0) is 10.0. The largest absolute Gasteiger partial charge is 0.294 e. The number of ketones is 1. The molecule has 1 aromatic carbocycles. The third-order valence-electron chi connectivity index (χ3n) is 1.98. The van der Waals surface area contributed by atoms with Crippen molar-refractivity contribution < 1.29 is 4.79 Å². The lowest BCUT2D eigenvalue weighted by atomic mass is 9.97. The van der Waals surface area contributed by atoms with Crippen LogP contribution in [0.3, 0.4) is 0 Å². The molecule has 0 atom stereocenters. The van der Waals surface area contributed by atoms with Gasteiger partial charge in [0.1, 0.15) is 0 Å². The van der Waals surface area contributed by atoms with Crippen molar-refractivity contribution >= 4 is 17.4 Å². The van der Waals surface area contributed by atoms with Crippen LogP contribution in [0.4, 0.5) is 0 Å². The van der Waals surface area contributed by atoms with Crippen molar-refractivity contribution in [1.82, 2.24) is 0 Å². The van der Waals surface area contributed by atoms with E-state index >= 15 is 0 Å². The molecule has 0 heterocycles. The Hall–Kier alpha value is -0.820. The first kappa shape index (κ1) is 10.3. The van der Waals surface area contributed by atoms with Crippen molar-refractivity contribution in [3.8, 4) is 0 Å². The molecule has 13 heavy (non-hydrogen) atoms. The summed E-state index contributed by atoms with van der Waals surface area (Å²) < 4.78 is 0. The number of halogens is 1. The van der Waals surface area contributed by atoms with Crippen molar-refractivity contribution in [2.24, 2.45) is 5.92 Å². The summed E-state index contributed by atoms with van der Waals surface area (Å²) in [5.74, 6) is 0.217. The second kappa shape index (κ2) is 3.93. The minimum absolute atomic E-state index is 0.0416. The summed E-state index contributed by atoms with van der Waals surface area (Å²) in [7, 11) is 0. The molecule has 1 nitrogen and oxygen atoms in total. The molecular weight excluding hydrogens is 184 g/mol. The highest BCUT2D eigenvalue weighted by atomic mass is 35.5. The fourth-order valence-corrected chi connectivity index (χ4v) is 1.44. The average molecular weight is 197 g/mol. The van der Waals surface area contributed by atoms with Gasteiger partial charge in [-0.2, -0.15) is 0 Å². The lowest BCUT2D eigenvalue weighted by Gasteiger charge is -2.07. The third kappa shape index (κ3) is 2.31. The predicted molar refractivity (Wildman–Crippen MR) is 55.4 cm³/mol. The average Bonchev–Trinajstić information content (AvgIpc) is 2.03. The molecule has 0 aliphatic rings. The minimum atomic E-state index is 0.0416. The second-order valence-corrected chi connectivity index (χ2v) is 3.91. The second-order valence-electron chi connectivity index (χ2n) is 3.48. The zero-order valence-corrected chi connectivity index (χ0v) is 8.85. The molecule has 0 N–H and O–H groups in total. The van der Waals surface area contributed by atoms with Gasteiger partial charge < -0.3 is 0 Å². The molecule has 1 rings (SSSR count). The van der Waals surface area contributed by atoms with E-state index in [-0.39, 0.29) is 11.7 Å². The van der Waals surface area contributed by atoms with Crippen LogP contribution < -0.4 is 0 Å². The molecule has 0 aromatic heterocycles. The number of rotatable bonds is 2. The molecule has 0 fully saturated rings. The summed E-state index contributed by atoms with van der Waals surface area (Å²) >= 11 is 5.79. The molecule has 0 spiro atoms. The van der Waals surface area contributed by atoms with Crippen LogP contribution in [-0.2, 0) is 0 Å². The van der Waals surface area contributed by atoms with E-state index in [1.54, 1.807) is 12.1 Å². The van der Waals surface area contributed by atoms with Gasteiger partial charge in [0.2, 0.25) is 0 Å². The van der Waals surface area contributed by atoms with Crippen LogP contribution in [0.25, 0.3) is 0 Å². The van der Waals surface area contributed by atoms with Crippen LogP contribution in [0.2, 0.25) is 5.02 Å². The normalized spacial score (nSPS) is 10.5. The van der Waals surface area contributed by atoms with Crippen LogP contribution in [0.1, 0.15) is 29.8 Å². The van der Waals surface area contributed by atoms with Gasteiger partial charge in [-0.3, -0.25) is 4.79 Å². The number of aryl methyl sites for hydroxylation is 1. The van der Waals surface area contributed by atoms with Crippen molar-refractivity contribution in [2.75, 3.05) is 0 Å². The molecular formula is C11H13ClO. The molecule has 0 saturated heterocycles. The lowest BCUT2D eigenvalue weighted by molar-refractivity contribution is 0.0939. The monoisotopic (exact) mass is 196 g/mol. The maximum atomic E-state index is 11.6. The molecule has 0 unspecified atom stereocenters. The summed E-state index contributed by atoms with van der Waals surface area (Å²) in [6.07, 6.45) is 0. The smallest absolute Gasteiger partial charge is 0.165 e. The van der Waals surface area contributed by atoms with Crippen LogP contribution in [0.15, 0.2) is 18.2 Å². The van der Waals surface area contributed by atoms with Gasteiger partial charge in [-0.15, -0.1) is 0 Å². The van der Waals surface area contributed by atoms with E-state index in [0.29, 0.717) is 5.02 Å². The first-order chi connectivity index (χ1) is 6.02. The van der Waals surface area contributed by atoms with Gasteiger partial charge in [0, 0.05) is 16.5 Å². The highest BCUT2D eigenvalue weighted by Gasteiger charge is 2.12. The van der Waals surface area contributed by atoms with E-state index in [1.165, 1.54) is 0 Å². The summed E-state index contributed by atoms with van der Waals surface area (Å²) in [6.45, 7) is 5.70. The maximum absolute atomic E-state index is 11.6. The van der Waals surface area contributed by atoms with Gasteiger partial charge in [0.25, 0.3) is 0 Å². The zero-order valence-electron chi connectivity index (χ0n) is 8.10. The van der Waals surface area contributed by atoms with E-state index in [9.17, 15) is 4.79 Å². The Morgan fingerprint density at radius 1 is 1.38 bits per heavy atom. The Morgan fingerprint density at radius 2 is 2.00 bits per heavy atom. The Bertz CT molecular complexity index is 329. The SMILES string of the molecule is Cc1cc(Cl)ccc1C(=O)C(C)C. The number of carbonyl (C=O) groups excluding carboxylic acids is 1. The van der Waals surface area contributed by atoms with Gasteiger partial charge in [-0.25, -0.2) is 0 Å². The number of Topliss-reactive ketones (excluding diaryl/α,β-unsaturated/α-hetero) is 1. The summed E-state index contributed by atoms with van der Waals surface area (Å²) in [6, 6.07) is 5.36. The van der Waals surface area contributed by atoms with Gasteiger partial charge in [-0.05, 0) is 30.7 Å². The number of carbonyl (C=O) groups is 1. The number of benzene rings is 1. The van der Waals surface area contributed by atoms with E-state index in [0.717, 1.165) is 11.1 Å². The molecule has 0 amide bonds. The fraction of sp³-hybridized carbons (Fsp3) is 0.364. The van der Waals surface area contributed by atoms with Gasteiger partial charge in [-0.1, -0.05) is 25.4 Å². The highest BCUT2D eigenvalue weighted by Crippen LogP contribution is 2.17. The molecule has 0 aliphatic carbocycles. The predicted octanol–water partition coefficient (Wildman–Crippen LogP) is 3.49. The fourth-order valence-electron chi connectivity index (χ4n) is 1.21. The number of hydrogen-bond donors (Lipinski definition) is 0. The molecule has 1 aromatic rings. The van der Waals surface area contributed by atoms with Gasteiger partial charge in [0.05, 0.1) is 0 Å². The third-order valence-corrected chi connectivity index (χ3v) is 2.21. The molecule has 70 valence electrons. The standard InChI is InChI=1S/C11H13ClO/c1-7(2)11(13)10-5-4-9(12)6-8(10)3/h4-7H,1-3H3. The molecule has 0 saturated carbocycles. The molecule has 0 bridgehead atoms. The highest BCUT2D eigenvalue weighted by molar-refractivity contribution is 6.30. The van der Waals surface area contributed by atoms with Crippen LogP contribution in [0.5, 0.6) is 0 Å². The Kier molecular flexibility index (Phi) is 3.10. The van der Waals surface area contributed by atoms with Crippen LogP contribution >= 0.6 is 11.6 Å². The summed E-state index contributed by atoms with van der Waals surface area (Å²) in [4.78, 5) is 11.6. The van der Waals surface area contributed by atoms with Crippen molar-refractivity contribution in [3.63, 3.8) is 0 Å². The molecule has 0 aliphatic heterocycles. The van der Waals surface area contributed by atoms with Crippen LogP contribution in [0, 0.1) is 12.8 Å². The summed E-state index contributed by atoms with van der Waals surface area (Å²) in [5, 5.41) is 0.679. The Morgan fingerprint density at radius 3 is 2.46 bits per heavy atom. The molecule has 0 radical (unpaired) electrons. The quantitative estimate of drug-likeness (QED) is 0.662. The van der Waals surface area contributed by atoms with Crippen molar-refractivity contribution in [3.05, 3.63) is 34.3 Å². The van der Waals surface area contributed by atoms with E-state index in [2.05, 4.69) is 0 Å². The molecule has 2 heteroatoms. The lowest BCUT2D eigenvalue weighted by Crippen LogP contribution is -2.08. The van der Waals surface area contributed by atoms with E-state index in [4.69, 9.17) is 11.6 Å². The van der Waals surface area contributed by atoms with Crippen LogP contribution in [-0.4, -0.2) is 5.78 Å². The first-order valence-corrected chi connectivity index (χ1v) is 4.70. The van der Waals surface area contributed by atoms with Gasteiger partial charge >= 0.3 is 0 Å². The van der Waals surface area contributed by atoms with Gasteiger partial charge in [0.15, 0.2) is 5.78 Å². The van der Waals surface area contributed by atoms with E-state index < -0.39 is 0 Å². The first-order valence-electron chi connectivity index (χ1n) is 4.32. The summed E-state index contributed by atoms with van der Waals surface area (Å²) in [5.41, 5.74) is 1.73.